The Morgan fingerprint density at radius 3 is 2.58 bits per heavy atom. The summed E-state index contributed by atoms with van der Waals surface area (Å²) in [5.41, 5.74) is 1.01. The predicted molar refractivity (Wildman–Crippen MR) is 67.5 cm³/mol. The minimum atomic E-state index is -0.547. The molecule has 0 unspecified atom stereocenters. The van der Waals surface area contributed by atoms with Crippen molar-refractivity contribution in [1.82, 2.24) is 0 Å². The Hall–Kier alpha value is -2.42. The van der Waals surface area contributed by atoms with Crippen LogP contribution in [0.3, 0.4) is 0 Å². The van der Waals surface area contributed by atoms with E-state index in [9.17, 15) is 14.9 Å². The number of carbonyl (C=O) groups is 1. The molecule has 0 fully saturated rings. The molecule has 1 aromatic rings. The van der Waals surface area contributed by atoms with Gasteiger partial charge in [0.05, 0.1) is 29.6 Å². The van der Waals surface area contributed by atoms with E-state index >= 15 is 0 Å². The molecule has 1 aromatic carbocycles. The number of nitro groups is 1. The van der Waals surface area contributed by atoms with Crippen LogP contribution in [0.15, 0.2) is 12.1 Å². The molecule has 0 N–H and O–H groups in total. The molecular weight excluding hydrogens is 248 g/mol. The Kier molecular flexibility index (Phi) is 5.01. The van der Waals surface area contributed by atoms with E-state index in [-0.39, 0.29) is 24.3 Å². The molecule has 0 saturated carbocycles. The lowest BCUT2D eigenvalue weighted by atomic mass is 9.99. The van der Waals surface area contributed by atoms with E-state index in [0.29, 0.717) is 17.5 Å². The summed E-state index contributed by atoms with van der Waals surface area (Å²) in [6, 6.07) is 4.73. The standard InChI is InChI=1S/C13H14N2O4/c1-3-9-6-12(15(17)18)10(5-11(9)8-14)7-13(16)19-4-2/h5-6H,3-4,7H2,1-2H3. The van der Waals surface area contributed by atoms with Gasteiger partial charge in [0, 0.05) is 11.6 Å². The number of carbonyl (C=O) groups excluding carboxylic acids is 1. The Balaban J connectivity index is 3.24. The molecule has 1 rings (SSSR count). The van der Waals surface area contributed by atoms with Crippen LogP contribution in [0.25, 0.3) is 0 Å². The van der Waals surface area contributed by atoms with E-state index in [1.54, 1.807) is 6.92 Å². The Morgan fingerprint density at radius 1 is 1.42 bits per heavy atom. The normalized spacial score (nSPS) is 9.74. The molecule has 0 atom stereocenters. The van der Waals surface area contributed by atoms with Crippen LogP contribution in [0.2, 0.25) is 0 Å². The first-order chi connectivity index (χ1) is 9.03. The number of aryl methyl sites for hydroxylation is 1. The SMILES string of the molecule is CCOC(=O)Cc1cc(C#N)c(CC)cc1[N+](=O)[O-]. The van der Waals surface area contributed by atoms with Gasteiger partial charge in [0.1, 0.15) is 0 Å². The third kappa shape index (κ3) is 3.52. The first kappa shape index (κ1) is 14.6. The number of esters is 1. The molecule has 6 nitrogen and oxygen atoms in total. The van der Waals surface area contributed by atoms with Gasteiger partial charge < -0.3 is 4.74 Å². The van der Waals surface area contributed by atoms with Crippen LogP contribution < -0.4 is 0 Å². The number of nitriles is 1. The van der Waals surface area contributed by atoms with Crippen molar-refractivity contribution in [3.05, 3.63) is 38.9 Å². The molecule has 0 aromatic heterocycles. The van der Waals surface area contributed by atoms with E-state index < -0.39 is 10.9 Å². The molecule has 0 aliphatic heterocycles. The van der Waals surface area contributed by atoms with Gasteiger partial charge in [0.2, 0.25) is 0 Å². The molecule has 100 valence electrons. The van der Waals surface area contributed by atoms with Gasteiger partial charge in [-0.05, 0) is 25.0 Å². The van der Waals surface area contributed by atoms with Crippen LogP contribution in [-0.2, 0) is 22.4 Å². The molecule has 0 amide bonds. The van der Waals surface area contributed by atoms with Crippen LogP contribution in [-0.4, -0.2) is 17.5 Å². The van der Waals surface area contributed by atoms with Gasteiger partial charge in [-0.3, -0.25) is 14.9 Å². The lowest BCUT2D eigenvalue weighted by Crippen LogP contribution is -2.10. The first-order valence-electron chi connectivity index (χ1n) is 5.89. The van der Waals surface area contributed by atoms with Crippen LogP contribution in [0.1, 0.15) is 30.5 Å². The van der Waals surface area contributed by atoms with Crippen molar-refractivity contribution >= 4 is 11.7 Å². The third-order valence-corrected chi connectivity index (χ3v) is 2.64. The summed E-state index contributed by atoms with van der Waals surface area (Å²) >= 11 is 0. The zero-order chi connectivity index (χ0) is 14.4. The fourth-order valence-corrected chi connectivity index (χ4v) is 1.75. The van der Waals surface area contributed by atoms with Crippen molar-refractivity contribution in [1.29, 1.82) is 5.26 Å². The zero-order valence-corrected chi connectivity index (χ0v) is 10.8. The monoisotopic (exact) mass is 262 g/mol. The summed E-state index contributed by atoms with van der Waals surface area (Å²) in [7, 11) is 0. The Labute approximate surface area is 110 Å². The van der Waals surface area contributed by atoms with Crippen LogP contribution in [0, 0.1) is 21.4 Å². The summed E-state index contributed by atoms with van der Waals surface area (Å²) in [6.07, 6.45) is 0.312. The number of rotatable bonds is 5. The molecule has 19 heavy (non-hydrogen) atoms. The Bertz CT molecular complexity index is 546. The molecule has 0 heterocycles. The number of nitro benzene ring substituents is 1. The van der Waals surface area contributed by atoms with Crippen molar-refractivity contribution < 1.29 is 14.5 Å². The second-order valence-electron chi connectivity index (χ2n) is 3.84. The van der Waals surface area contributed by atoms with Gasteiger partial charge in [0.15, 0.2) is 0 Å². The zero-order valence-electron chi connectivity index (χ0n) is 10.8. The quantitative estimate of drug-likeness (QED) is 0.460. The summed E-state index contributed by atoms with van der Waals surface area (Å²) in [5.74, 6) is -0.543. The minimum Gasteiger partial charge on any atom is -0.466 e. The van der Waals surface area contributed by atoms with Crippen LogP contribution >= 0.6 is 0 Å². The molecule has 0 spiro atoms. The number of ether oxygens (including phenoxy) is 1. The van der Waals surface area contributed by atoms with E-state index in [1.807, 2.05) is 13.0 Å². The minimum absolute atomic E-state index is 0.149. The van der Waals surface area contributed by atoms with E-state index in [0.717, 1.165) is 0 Å². The van der Waals surface area contributed by atoms with Gasteiger partial charge in [0.25, 0.3) is 5.69 Å². The van der Waals surface area contributed by atoms with Gasteiger partial charge in [-0.15, -0.1) is 0 Å². The summed E-state index contributed by atoms with van der Waals surface area (Å²) in [6.45, 7) is 3.68. The summed E-state index contributed by atoms with van der Waals surface area (Å²) in [4.78, 5) is 21.9. The maximum atomic E-state index is 11.4. The lowest BCUT2D eigenvalue weighted by Gasteiger charge is -2.07. The van der Waals surface area contributed by atoms with Crippen molar-refractivity contribution in [2.75, 3.05) is 6.61 Å². The number of hydrogen-bond acceptors (Lipinski definition) is 5. The fourth-order valence-electron chi connectivity index (χ4n) is 1.75. The van der Waals surface area contributed by atoms with Gasteiger partial charge >= 0.3 is 5.97 Å². The van der Waals surface area contributed by atoms with Crippen molar-refractivity contribution in [3.8, 4) is 6.07 Å². The fraction of sp³-hybridized carbons (Fsp3) is 0.385. The van der Waals surface area contributed by atoms with E-state index in [4.69, 9.17) is 10.00 Å². The van der Waals surface area contributed by atoms with Crippen molar-refractivity contribution in [2.45, 2.75) is 26.7 Å². The molecule has 0 aliphatic carbocycles. The van der Waals surface area contributed by atoms with Crippen molar-refractivity contribution in [2.24, 2.45) is 0 Å². The molecule has 0 saturated heterocycles. The highest BCUT2D eigenvalue weighted by Gasteiger charge is 2.20. The number of benzene rings is 1. The topological polar surface area (TPSA) is 93.2 Å². The number of hydrogen-bond donors (Lipinski definition) is 0. The van der Waals surface area contributed by atoms with E-state index in [2.05, 4.69) is 0 Å². The van der Waals surface area contributed by atoms with Crippen LogP contribution in [0.5, 0.6) is 0 Å². The molecule has 0 bridgehead atoms. The largest absolute Gasteiger partial charge is 0.466 e. The smallest absolute Gasteiger partial charge is 0.310 e. The van der Waals surface area contributed by atoms with Gasteiger partial charge in [-0.25, -0.2) is 0 Å². The molecule has 6 heteroatoms. The molecule has 0 radical (unpaired) electrons. The second-order valence-corrected chi connectivity index (χ2v) is 3.84. The lowest BCUT2D eigenvalue weighted by molar-refractivity contribution is -0.385. The molecule has 0 aliphatic rings. The predicted octanol–water partition coefficient (Wildman–Crippen LogP) is 2.13. The average molecular weight is 262 g/mol. The van der Waals surface area contributed by atoms with E-state index in [1.165, 1.54) is 12.1 Å². The van der Waals surface area contributed by atoms with Gasteiger partial charge in [-0.1, -0.05) is 6.92 Å². The van der Waals surface area contributed by atoms with Gasteiger partial charge in [-0.2, -0.15) is 5.26 Å². The highest BCUT2D eigenvalue weighted by atomic mass is 16.6. The summed E-state index contributed by atoms with van der Waals surface area (Å²) in [5, 5.41) is 20.0. The second kappa shape index (κ2) is 6.50. The highest BCUT2D eigenvalue weighted by molar-refractivity contribution is 5.74. The Morgan fingerprint density at radius 2 is 2.11 bits per heavy atom. The highest BCUT2D eigenvalue weighted by Crippen LogP contribution is 2.24. The summed E-state index contributed by atoms with van der Waals surface area (Å²) < 4.78 is 4.77. The van der Waals surface area contributed by atoms with Crippen molar-refractivity contribution in [3.63, 3.8) is 0 Å². The average Bonchev–Trinajstić information content (AvgIpc) is 2.38. The third-order valence-electron chi connectivity index (χ3n) is 2.64. The molecular formula is C13H14N2O4. The van der Waals surface area contributed by atoms with Crippen LogP contribution in [0.4, 0.5) is 5.69 Å². The maximum Gasteiger partial charge on any atom is 0.310 e. The maximum absolute atomic E-state index is 11.4. The first-order valence-corrected chi connectivity index (χ1v) is 5.89. The number of nitrogens with zero attached hydrogens (tertiary/aromatic N) is 2.